The van der Waals surface area contributed by atoms with E-state index in [1.165, 1.54) is 5.56 Å². The second kappa shape index (κ2) is 8.68. The summed E-state index contributed by atoms with van der Waals surface area (Å²) >= 11 is 1.66. The number of aryl methyl sites for hydroxylation is 1. The van der Waals surface area contributed by atoms with Crippen LogP contribution in [0.25, 0.3) is 0 Å². The van der Waals surface area contributed by atoms with Gasteiger partial charge in [-0.1, -0.05) is 0 Å². The number of thiophene rings is 1. The first-order valence-corrected chi connectivity index (χ1v) is 10.1. The number of hydrogen-bond acceptors (Lipinski definition) is 4. The van der Waals surface area contributed by atoms with Gasteiger partial charge in [0.25, 0.3) is 0 Å². The minimum absolute atomic E-state index is 0.0371. The Morgan fingerprint density at radius 2 is 2.31 bits per heavy atom. The molecular weight excluding hydrogens is 348 g/mol. The van der Waals surface area contributed by atoms with Crippen molar-refractivity contribution < 1.29 is 9.53 Å². The van der Waals surface area contributed by atoms with Crippen LogP contribution < -0.4 is 5.32 Å². The van der Waals surface area contributed by atoms with Crippen molar-refractivity contribution in [2.24, 2.45) is 0 Å². The Hall–Kier alpha value is -1.86. The van der Waals surface area contributed by atoms with Gasteiger partial charge in [-0.25, -0.2) is 4.79 Å². The summed E-state index contributed by atoms with van der Waals surface area (Å²) in [5.41, 5.74) is 4.59. The van der Waals surface area contributed by atoms with Gasteiger partial charge in [0.15, 0.2) is 0 Å². The number of nitrogens with one attached hydrogen (secondary N) is 1. The zero-order valence-corrected chi connectivity index (χ0v) is 16.6. The number of nitrogens with zero attached hydrogens (tertiary/aromatic N) is 3. The highest BCUT2D eigenvalue weighted by Crippen LogP contribution is 2.16. The van der Waals surface area contributed by atoms with Crippen LogP contribution in [0, 0.1) is 20.8 Å². The molecule has 2 amide bonds. The maximum atomic E-state index is 12.7. The Balaban J connectivity index is 1.56. The van der Waals surface area contributed by atoms with Gasteiger partial charge >= 0.3 is 6.03 Å². The Bertz CT molecular complexity index is 720. The van der Waals surface area contributed by atoms with E-state index < -0.39 is 0 Å². The molecule has 0 bridgehead atoms. The number of ether oxygens (including phenoxy) is 1. The first-order chi connectivity index (χ1) is 12.5. The van der Waals surface area contributed by atoms with Crippen LogP contribution in [-0.4, -0.2) is 46.5 Å². The molecule has 1 saturated heterocycles. The van der Waals surface area contributed by atoms with E-state index >= 15 is 0 Å². The number of carbonyl (C=O) groups is 1. The van der Waals surface area contributed by atoms with E-state index in [-0.39, 0.29) is 12.1 Å². The predicted molar refractivity (Wildman–Crippen MR) is 104 cm³/mol. The summed E-state index contributed by atoms with van der Waals surface area (Å²) < 4.78 is 7.69. The molecule has 0 aliphatic carbocycles. The standard InChI is InChI=1S/C19H28N4O2S/c1-14-15(2)21-23(16(14)3)8-7-20-19(24)22(11-17-6-10-26-13-17)12-18-5-4-9-25-18/h6,10,13,18H,4-5,7-9,11-12H2,1-3H3,(H,20,24)/t18-/m0/s1. The molecule has 0 aromatic carbocycles. The quantitative estimate of drug-likeness (QED) is 0.807. The molecule has 1 fully saturated rings. The van der Waals surface area contributed by atoms with Crippen molar-refractivity contribution >= 4 is 17.4 Å². The molecule has 1 atom stereocenters. The van der Waals surface area contributed by atoms with E-state index in [0.717, 1.165) is 36.4 Å². The SMILES string of the molecule is Cc1nn(CCNC(=O)N(Cc2ccsc2)C[C@@H]2CCCO2)c(C)c1C. The van der Waals surface area contributed by atoms with Crippen LogP contribution in [0.2, 0.25) is 0 Å². The third-order valence-electron chi connectivity index (χ3n) is 5.03. The first-order valence-electron chi connectivity index (χ1n) is 9.20. The lowest BCUT2D eigenvalue weighted by atomic mass is 10.2. The maximum absolute atomic E-state index is 12.7. The summed E-state index contributed by atoms with van der Waals surface area (Å²) in [6, 6.07) is 2.03. The molecule has 0 radical (unpaired) electrons. The maximum Gasteiger partial charge on any atom is 0.317 e. The molecule has 1 N–H and O–H groups in total. The van der Waals surface area contributed by atoms with Crippen LogP contribution in [0.5, 0.6) is 0 Å². The summed E-state index contributed by atoms with van der Waals surface area (Å²) in [6.07, 6.45) is 2.26. The zero-order valence-electron chi connectivity index (χ0n) is 15.8. The largest absolute Gasteiger partial charge is 0.376 e. The number of hydrogen-bond donors (Lipinski definition) is 1. The molecule has 7 heteroatoms. The Labute approximate surface area is 159 Å². The van der Waals surface area contributed by atoms with E-state index in [2.05, 4.69) is 35.7 Å². The molecule has 3 rings (SSSR count). The minimum Gasteiger partial charge on any atom is -0.376 e. The lowest BCUT2D eigenvalue weighted by Crippen LogP contribution is -2.44. The van der Waals surface area contributed by atoms with Crippen molar-refractivity contribution in [1.29, 1.82) is 0 Å². The van der Waals surface area contributed by atoms with Gasteiger partial charge in [0.05, 0.1) is 18.3 Å². The van der Waals surface area contributed by atoms with Gasteiger partial charge in [-0.2, -0.15) is 16.4 Å². The normalized spacial score (nSPS) is 16.8. The van der Waals surface area contributed by atoms with Gasteiger partial charge in [0, 0.05) is 31.9 Å². The summed E-state index contributed by atoms with van der Waals surface area (Å²) in [6.45, 7) is 9.46. The van der Waals surface area contributed by atoms with E-state index in [1.807, 2.05) is 21.9 Å². The smallest absolute Gasteiger partial charge is 0.317 e. The molecule has 0 saturated carbocycles. The van der Waals surface area contributed by atoms with Gasteiger partial charge in [-0.05, 0) is 61.6 Å². The van der Waals surface area contributed by atoms with Gasteiger partial charge in [-0.3, -0.25) is 4.68 Å². The zero-order chi connectivity index (χ0) is 18.5. The van der Waals surface area contributed by atoms with Crippen molar-refractivity contribution in [2.45, 2.75) is 52.8 Å². The molecule has 142 valence electrons. The fraction of sp³-hybridized carbons (Fsp3) is 0.579. The number of rotatable bonds is 7. The molecule has 1 aliphatic heterocycles. The van der Waals surface area contributed by atoms with E-state index in [1.54, 1.807) is 11.3 Å². The van der Waals surface area contributed by atoms with Crippen LogP contribution in [0.1, 0.15) is 35.4 Å². The van der Waals surface area contributed by atoms with Gasteiger partial charge in [0.1, 0.15) is 0 Å². The third-order valence-corrected chi connectivity index (χ3v) is 5.76. The molecule has 6 nitrogen and oxygen atoms in total. The number of urea groups is 1. The highest BCUT2D eigenvalue weighted by atomic mass is 32.1. The average molecular weight is 377 g/mol. The molecule has 26 heavy (non-hydrogen) atoms. The van der Waals surface area contributed by atoms with Crippen LogP contribution in [0.3, 0.4) is 0 Å². The lowest BCUT2D eigenvalue weighted by Gasteiger charge is -2.25. The van der Waals surface area contributed by atoms with Crippen molar-refractivity contribution in [2.75, 3.05) is 19.7 Å². The second-order valence-corrected chi connectivity index (χ2v) is 7.68. The summed E-state index contributed by atoms with van der Waals surface area (Å²) in [5, 5.41) is 11.7. The van der Waals surface area contributed by atoms with E-state index in [0.29, 0.717) is 26.2 Å². The summed E-state index contributed by atoms with van der Waals surface area (Å²) in [7, 11) is 0. The minimum atomic E-state index is -0.0371. The highest BCUT2D eigenvalue weighted by molar-refractivity contribution is 7.07. The predicted octanol–water partition coefficient (Wildman–Crippen LogP) is 3.26. The van der Waals surface area contributed by atoms with Gasteiger partial charge < -0.3 is 15.0 Å². The van der Waals surface area contributed by atoms with Crippen LogP contribution in [0.4, 0.5) is 4.79 Å². The van der Waals surface area contributed by atoms with Crippen LogP contribution in [-0.2, 0) is 17.8 Å². The highest BCUT2D eigenvalue weighted by Gasteiger charge is 2.23. The second-order valence-electron chi connectivity index (χ2n) is 6.90. The molecular formula is C19H28N4O2S. The monoisotopic (exact) mass is 376 g/mol. The Morgan fingerprint density at radius 3 is 2.92 bits per heavy atom. The third kappa shape index (κ3) is 4.65. The van der Waals surface area contributed by atoms with Crippen LogP contribution in [0.15, 0.2) is 16.8 Å². The lowest BCUT2D eigenvalue weighted by molar-refractivity contribution is 0.0795. The fourth-order valence-corrected chi connectivity index (χ4v) is 3.90. The molecule has 2 aromatic rings. The first kappa shape index (κ1) is 18.9. The Morgan fingerprint density at radius 1 is 1.46 bits per heavy atom. The Kier molecular flexibility index (Phi) is 6.32. The van der Waals surface area contributed by atoms with E-state index in [9.17, 15) is 4.79 Å². The fourth-order valence-electron chi connectivity index (χ4n) is 3.24. The van der Waals surface area contributed by atoms with E-state index in [4.69, 9.17) is 4.74 Å². The number of aromatic nitrogens is 2. The van der Waals surface area contributed by atoms with Crippen molar-refractivity contribution in [3.8, 4) is 0 Å². The topological polar surface area (TPSA) is 59.4 Å². The van der Waals surface area contributed by atoms with Crippen LogP contribution >= 0.6 is 11.3 Å². The number of carbonyl (C=O) groups excluding carboxylic acids is 1. The summed E-state index contributed by atoms with van der Waals surface area (Å²) in [4.78, 5) is 14.6. The van der Waals surface area contributed by atoms with Gasteiger partial charge in [-0.15, -0.1) is 0 Å². The van der Waals surface area contributed by atoms with Gasteiger partial charge in [0.2, 0.25) is 0 Å². The molecule has 2 aromatic heterocycles. The molecule has 0 unspecified atom stereocenters. The molecule has 0 spiro atoms. The number of amides is 2. The molecule has 3 heterocycles. The van der Waals surface area contributed by atoms with Crippen molar-refractivity contribution in [3.05, 3.63) is 39.3 Å². The van der Waals surface area contributed by atoms with Crippen molar-refractivity contribution in [1.82, 2.24) is 20.0 Å². The van der Waals surface area contributed by atoms with Crippen molar-refractivity contribution in [3.63, 3.8) is 0 Å². The average Bonchev–Trinajstić information content (AvgIpc) is 3.36. The summed E-state index contributed by atoms with van der Waals surface area (Å²) in [5.74, 6) is 0. The molecule has 1 aliphatic rings.